The summed E-state index contributed by atoms with van der Waals surface area (Å²) in [5.74, 6) is -0.368. The third-order valence-corrected chi connectivity index (χ3v) is 5.89. The van der Waals surface area contributed by atoms with Crippen LogP contribution in [0.3, 0.4) is 0 Å². The summed E-state index contributed by atoms with van der Waals surface area (Å²) in [6.45, 7) is 1.67. The number of nitrogens with zero attached hydrogens (tertiary/aromatic N) is 3. The highest BCUT2D eigenvalue weighted by molar-refractivity contribution is 5.76. The van der Waals surface area contributed by atoms with E-state index in [0.29, 0.717) is 26.2 Å². The van der Waals surface area contributed by atoms with Crippen LogP contribution in [0.5, 0.6) is 0 Å². The van der Waals surface area contributed by atoms with E-state index < -0.39 is 23.8 Å². The number of amides is 1. The minimum absolute atomic E-state index is 0.0377. The summed E-state index contributed by atoms with van der Waals surface area (Å²) >= 11 is 0. The molecule has 1 aliphatic heterocycles. The molecule has 1 fully saturated rings. The number of pyridine rings is 1. The molecule has 1 amide bonds. The van der Waals surface area contributed by atoms with E-state index in [0.717, 1.165) is 27.8 Å². The SMILES string of the molecule is O=C(Cn1cccc(C(F)(F)F)c1=O)N1CCN(C(c2ccccc2)c2ccccc2)CC1. The fraction of sp³-hybridized carbons (Fsp3) is 0.280. The lowest BCUT2D eigenvalue weighted by Crippen LogP contribution is -2.51. The molecule has 172 valence electrons. The van der Waals surface area contributed by atoms with Crippen molar-refractivity contribution in [2.75, 3.05) is 26.2 Å². The summed E-state index contributed by atoms with van der Waals surface area (Å²) in [4.78, 5) is 28.8. The van der Waals surface area contributed by atoms with E-state index in [2.05, 4.69) is 29.2 Å². The summed E-state index contributed by atoms with van der Waals surface area (Å²) in [7, 11) is 0. The first-order valence-electron chi connectivity index (χ1n) is 10.7. The van der Waals surface area contributed by atoms with Gasteiger partial charge < -0.3 is 9.47 Å². The number of benzene rings is 2. The Bertz CT molecular complexity index is 1100. The minimum atomic E-state index is -4.75. The average molecular weight is 455 g/mol. The maximum atomic E-state index is 13.0. The molecule has 1 aromatic heterocycles. The number of rotatable bonds is 5. The number of piperazine rings is 1. The highest BCUT2D eigenvalue weighted by Gasteiger charge is 2.34. The fourth-order valence-corrected chi connectivity index (χ4v) is 4.24. The molecule has 0 radical (unpaired) electrons. The Labute approximate surface area is 189 Å². The van der Waals surface area contributed by atoms with Gasteiger partial charge in [-0.05, 0) is 23.3 Å². The van der Waals surface area contributed by atoms with Gasteiger partial charge in [-0.15, -0.1) is 0 Å². The van der Waals surface area contributed by atoms with Crippen LogP contribution in [0.15, 0.2) is 83.8 Å². The fourth-order valence-electron chi connectivity index (χ4n) is 4.24. The molecule has 0 unspecified atom stereocenters. The van der Waals surface area contributed by atoms with Gasteiger partial charge in [-0.2, -0.15) is 13.2 Å². The summed E-state index contributed by atoms with van der Waals surface area (Å²) < 4.78 is 39.8. The maximum Gasteiger partial charge on any atom is 0.421 e. The van der Waals surface area contributed by atoms with Crippen molar-refractivity contribution in [2.45, 2.75) is 18.8 Å². The van der Waals surface area contributed by atoms with Gasteiger partial charge in [0.15, 0.2) is 0 Å². The Morgan fingerprint density at radius 3 is 1.88 bits per heavy atom. The molecule has 1 aliphatic rings. The molecular formula is C25H24F3N3O2. The normalized spacial score (nSPS) is 15.1. The van der Waals surface area contributed by atoms with Crippen molar-refractivity contribution in [2.24, 2.45) is 0 Å². The average Bonchev–Trinajstić information content (AvgIpc) is 2.82. The number of aromatic nitrogens is 1. The summed E-state index contributed by atoms with van der Waals surface area (Å²) in [6, 6.07) is 22.2. The van der Waals surface area contributed by atoms with Gasteiger partial charge >= 0.3 is 6.18 Å². The van der Waals surface area contributed by atoms with Crippen LogP contribution in [0.4, 0.5) is 13.2 Å². The Balaban J connectivity index is 1.46. The zero-order valence-electron chi connectivity index (χ0n) is 17.9. The molecule has 2 aromatic carbocycles. The lowest BCUT2D eigenvalue weighted by molar-refractivity contribution is -0.140. The van der Waals surface area contributed by atoms with Crippen molar-refractivity contribution in [3.8, 4) is 0 Å². The zero-order chi connectivity index (χ0) is 23.4. The van der Waals surface area contributed by atoms with Crippen molar-refractivity contribution in [1.82, 2.24) is 14.4 Å². The Morgan fingerprint density at radius 1 is 0.818 bits per heavy atom. The summed E-state index contributed by atoms with van der Waals surface area (Å²) in [5.41, 5.74) is -0.167. The zero-order valence-corrected chi connectivity index (χ0v) is 17.9. The van der Waals surface area contributed by atoms with Gasteiger partial charge in [0.05, 0.1) is 6.04 Å². The molecule has 0 N–H and O–H groups in total. The van der Waals surface area contributed by atoms with Crippen LogP contribution in [-0.2, 0) is 17.5 Å². The van der Waals surface area contributed by atoms with Crippen molar-refractivity contribution < 1.29 is 18.0 Å². The predicted molar refractivity (Wildman–Crippen MR) is 119 cm³/mol. The van der Waals surface area contributed by atoms with E-state index >= 15 is 0 Å². The second-order valence-electron chi connectivity index (χ2n) is 7.99. The van der Waals surface area contributed by atoms with Crippen molar-refractivity contribution in [1.29, 1.82) is 0 Å². The number of hydrogen-bond acceptors (Lipinski definition) is 3. The number of halogens is 3. The molecule has 1 saturated heterocycles. The van der Waals surface area contributed by atoms with E-state index in [9.17, 15) is 22.8 Å². The molecule has 3 aromatic rings. The van der Waals surface area contributed by atoms with Crippen LogP contribution in [0.1, 0.15) is 22.7 Å². The molecule has 8 heteroatoms. The van der Waals surface area contributed by atoms with Crippen molar-refractivity contribution >= 4 is 5.91 Å². The molecule has 2 heterocycles. The van der Waals surface area contributed by atoms with Crippen molar-refractivity contribution in [3.05, 3.63) is 106 Å². The highest BCUT2D eigenvalue weighted by atomic mass is 19.4. The van der Waals surface area contributed by atoms with Crippen LogP contribution in [0.2, 0.25) is 0 Å². The summed E-state index contributed by atoms with van der Waals surface area (Å²) in [5, 5.41) is 0. The molecule has 33 heavy (non-hydrogen) atoms. The minimum Gasteiger partial charge on any atom is -0.339 e. The lowest BCUT2D eigenvalue weighted by Gasteiger charge is -2.39. The van der Waals surface area contributed by atoms with Gasteiger partial charge in [-0.3, -0.25) is 14.5 Å². The monoisotopic (exact) mass is 455 g/mol. The molecule has 4 rings (SSSR count). The third kappa shape index (κ3) is 5.17. The number of carbonyl (C=O) groups is 1. The number of hydrogen-bond donors (Lipinski definition) is 0. The van der Waals surface area contributed by atoms with Gasteiger partial charge in [0.1, 0.15) is 12.1 Å². The van der Waals surface area contributed by atoms with Crippen molar-refractivity contribution in [3.63, 3.8) is 0 Å². The predicted octanol–water partition coefficient (Wildman–Crippen LogP) is 3.80. The van der Waals surface area contributed by atoms with Gasteiger partial charge in [-0.25, -0.2) is 0 Å². The van der Waals surface area contributed by atoms with Gasteiger partial charge in [0.25, 0.3) is 5.56 Å². The van der Waals surface area contributed by atoms with Crippen LogP contribution in [0, 0.1) is 0 Å². The highest BCUT2D eigenvalue weighted by Crippen LogP contribution is 2.29. The second kappa shape index (κ2) is 9.62. The Hall–Kier alpha value is -3.39. The molecule has 0 atom stereocenters. The standard InChI is InChI=1S/C25H24F3N3O2/c26-25(27,28)21-12-7-13-31(24(21)33)18-22(32)29-14-16-30(17-15-29)23(19-8-3-1-4-9-19)20-10-5-2-6-11-20/h1-13,23H,14-18H2. The maximum absolute atomic E-state index is 13.0. The lowest BCUT2D eigenvalue weighted by atomic mass is 9.96. The molecule has 0 bridgehead atoms. The van der Waals surface area contributed by atoms with Crippen LogP contribution in [-0.4, -0.2) is 46.5 Å². The molecule has 0 saturated carbocycles. The van der Waals surface area contributed by atoms with Crippen LogP contribution >= 0.6 is 0 Å². The number of carbonyl (C=O) groups excluding carboxylic acids is 1. The van der Waals surface area contributed by atoms with E-state index in [4.69, 9.17) is 0 Å². The van der Waals surface area contributed by atoms with Crippen LogP contribution < -0.4 is 5.56 Å². The largest absolute Gasteiger partial charge is 0.421 e. The topological polar surface area (TPSA) is 45.6 Å². The molecule has 0 spiro atoms. The van der Waals surface area contributed by atoms with E-state index in [1.165, 1.54) is 6.20 Å². The van der Waals surface area contributed by atoms with E-state index in [1.54, 1.807) is 4.90 Å². The third-order valence-electron chi connectivity index (χ3n) is 5.89. The molecule has 5 nitrogen and oxygen atoms in total. The first kappa shape index (κ1) is 22.8. The number of alkyl halides is 3. The molecular weight excluding hydrogens is 431 g/mol. The van der Waals surface area contributed by atoms with Crippen LogP contribution in [0.25, 0.3) is 0 Å². The Morgan fingerprint density at radius 2 is 1.36 bits per heavy atom. The van der Waals surface area contributed by atoms with Gasteiger partial charge in [0, 0.05) is 32.4 Å². The first-order chi connectivity index (χ1) is 15.8. The Kier molecular flexibility index (Phi) is 6.65. The quantitative estimate of drug-likeness (QED) is 0.588. The molecule has 0 aliphatic carbocycles. The summed E-state index contributed by atoms with van der Waals surface area (Å²) in [6.07, 6.45) is -3.54. The van der Waals surface area contributed by atoms with Gasteiger partial charge in [-0.1, -0.05) is 60.7 Å². The first-order valence-corrected chi connectivity index (χ1v) is 10.7. The van der Waals surface area contributed by atoms with E-state index in [1.807, 2.05) is 36.4 Å². The van der Waals surface area contributed by atoms with Gasteiger partial charge in [0.2, 0.25) is 5.91 Å². The smallest absolute Gasteiger partial charge is 0.339 e. The second-order valence-corrected chi connectivity index (χ2v) is 7.99. The van der Waals surface area contributed by atoms with E-state index in [-0.39, 0.29) is 11.9 Å².